The largest absolute Gasteiger partial charge is 0.385 e. The van der Waals surface area contributed by atoms with Crippen molar-refractivity contribution >= 4 is 11.5 Å². The Morgan fingerprint density at radius 3 is 2.85 bits per heavy atom. The molecule has 1 aliphatic heterocycles. The molecule has 1 aliphatic rings. The average molecular weight is 269 g/mol. The van der Waals surface area contributed by atoms with Gasteiger partial charge in [0.2, 0.25) is 0 Å². The van der Waals surface area contributed by atoms with Crippen molar-refractivity contribution in [2.75, 3.05) is 11.9 Å². The third kappa shape index (κ3) is 2.20. The third-order valence-electron chi connectivity index (χ3n) is 3.86. The molecular weight excluding hydrogens is 253 g/mol. The number of hydrogen-bond donors (Lipinski definition) is 1. The van der Waals surface area contributed by atoms with Crippen molar-refractivity contribution in [1.82, 2.24) is 0 Å². The summed E-state index contributed by atoms with van der Waals surface area (Å²) in [5.41, 5.74) is 3.02. The Hall–Kier alpha value is -2.16. The van der Waals surface area contributed by atoms with Crippen molar-refractivity contribution in [2.24, 2.45) is 0 Å². The van der Waals surface area contributed by atoms with Gasteiger partial charge < -0.3 is 5.32 Å². The van der Waals surface area contributed by atoms with Crippen LogP contribution in [0.15, 0.2) is 42.5 Å². The smallest absolute Gasteiger partial charge is 0.170 e. The second kappa shape index (κ2) is 5.08. The zero-order chi connectivity index (χ0) is 14.1. The van der Waals surface area contributed by atoms with E-state index in [1.54, 1.807) is 19.1 Å². The molecule has 2 nitrogen and oxygen atoms in total. The van der Waals surface area contributed by atoms with Gasteiger partial charge in [-0.2, -0.15) is 0 Å². The summed E-state index contributed by atoms with van der Waals surface area (Å²) >= 11 is 0. The van der Waals surface area contributed by atoms with E-state index >= 15 is 0 Å². The summed E-state index contributed by atoms with van der Waals surface area (Å²) in [7, 11) is 0. The van der Waals surface area contributed by atoms with E-state index in [1.165, 1.54) is 6.07 Å². The molecule has 0 saturated carbocycles. The van der Waals surface area contributed by atoms with Crippen LogP contribution in [0.3, 0.4) is 0 Å². The minimum absolute atomic E-state index is 0.00199. The predicted octanol–water partition coefficient (Wildman–Crippen LogP) is 3.92. The van der Waals surface area contributed by atoms with Crippen molar-refractivity contribution < 1.29 is 9.18 Å². The Labute approximate surface area is 117 Å². The number of aryl methyl sites for hydroxylation is 1. The number of fused-ring (bicyclic) bond motifs is 1. The van der Waals surface area contributed by atoms with Gasteiger partial charge in [-0.05, 0) is 36.6 Å². The molecule has 2 aromatic carbocycles. The molecule has 0 aromatic heterocycles. The van der Waals surface area contributed by atoms with E-state index < -0.39 is 0 Å². The number of nitrogens with one attached hydrogen (secondary N) is 1. The first-order chi connectivity index (χ1) is 9.66. The van der Waals surface area contributed by atoms with Crippen LogP contribution in [-0.4, -0.2) is 12.3 Å². The average Bonchev–Trinajstić information content (AvgIpc) is 2.49. The molecule has 1 N–H and O–H groups in total. The van der Waals surface area contributed by atoms with Crippen LogP contribution in [0, 0.1) is 12.7 Å². The maximum absolute atomic E-state index is 13.6. The number of hydrogen-bond acceptors (Lipinski definition) is 2. The van der Waals surface area contributed by atoms with Crippen LogP contribution in [0.4, 0.5) is 10.1 Å². The highest BCUT2D eigenvalue weighted by Crippen LogP contribution is 2.33. The fraction of sp³-hybridized carbons (Fsp3) is 0.235. The van der Waals surface area contributed by atoms with Gasteiger partial charge in [0.25, 0.3) is 0 Å². The van der Waals surface area contributed by atoms with Gasteiger partial charge in [0.15, 0.2) is 5.78 Å². The van der Waals surface area contributed by atoms with E-state index in [0.717, 1.165) is 24.2 Å². The summed E-state index contributed by atoms with van der Waals surface area (Å²) in [6.45, 7) is 2.46. The lowest BCUT2D eigenvalue weighted by molar-refractivity contribution is 0.0955. The van der Waals surface area contributed by atoms with Crippen LogP contribution in [0.5, 0.6) is 0 Å². The SMILES string of the molecule is Cc1ccc(C(=O)C2CCNc3ccccc32)cc1F. The first-order valence-electron chi connectivity index (χ1n) is 6.80. The van der Waals surface area contributed by atoms with Gasteiger partial charge in [0, 0.05) is 17.8 Å². The number of carbonyl (C=O) groups is 1. The summed E-state index contributed by atoms with van der Waals surface area (Å²) in [5.74, 6) is -0.509. The maximum Gasteiger partial charge on any atom is 0.170 e. The second-order valence-electron chi connectivity index (χ2n) is 5.18. The van der Waals surface area contributed by atoms with Crippen LogP contribution in [0.25, 0.3) is 0 Å². The Morgan fingerprint density at radius 1 is 1.25 bits per heavy atom. The van der Waals surface area contributed by atoms with Crippen molar-refractivity contribution in [3.63, 3.8) is 0 Å². The molecule has 0 amide bonds. The molecule has 0 bridgehead atoms. The minimum Gasteiger partial charge on any atom is -0.385 e. The fourth-order valence-electron chi connectivity index (χ4n) is 2.69. The lowest BCUT2D eigenvalue weighted by Gasteiger charge is -2.25. The molecule has 2 aromatic rings. The lowest BCUT2D eigenvalue weighted by Crippen LogP contribution is -2.23. The zero-order valence-corrected chi connectivity index (χ0v) is 11.3. The van der Waals surface area contributed by atoms with Crippen LogP contribution in [0.2, 0.25) is 0 Å². The number of rotatable bonds is 2. The molecule has 3 rings (SSSR count). The number of carbonyl (C=O) groups excluding carboxylic acids is 1. The second-order valence-corrected chi connectivity index (χ2v) is 5.18. The number of ketones is 1. The Bertz CT molecular complexity index is 666. The number of Topliss-reactive ketones (excluding diaryl/α,β-unsaturated/α-hetero) is 1. The van der Waals surface area contributed by atoms with Gasteiger partial charge in [0.05, 0.1) is 5.92 Å². The maximum atomic E-state index is 13.6. The van der Waals surface area contributed by atoms with E-state index in [-0.39, 0.29) is 17.5 Å². The van der Waals surface area contributed by atoms with Crippen LogP contribution < -0.4 is 5.32 Å². The molecule has 1 heterocycles. The summed E-state index contributed by atoms with van der Waals surface area (Å²) in [6.07, 6.45) is 0.741. The van der Waals surface area contributed by atoms with Gasteiger partial charge in [-0.3, -0.25) is 4.79 Å². The topological polar surface area (TPSA) is 29.1 Å². The van der Waals surface area contributed by atoms with Crippen molar-refractivity contribution in [1.29, 1.82) is 0 Å². The fourth-order valence-corrected chi connectivity index (χ4v) is 2.69. The number of benzene rings is 2. The summed E-state index contributed by atoms with van der Waals surface area (Å²) in [4.78, 5) is 12.6. The Balaban J connectivity index is 1.97. The number of halogens is 1. The van der Waals surface area contributed by atoms with Crippen molar-refractivity contribution in [3.05, 3.63) is 65.0 Å². The van der Waals surface area contributed by atoms with E-state index in [9.17, 15) is 9.18 Å². The van der Waals surface area contributed by atoms with Gasteiger partial charge in [0.1, 0.15) is 5.82 Å². The first kappa shape index (κ1) is 12.9. The summed E-state index contributed by atoms with van der Waals surface area (Å²) in [5, 5.41) is 3.29. The number of para-hydroxylation sites is 1. The molecule has 3 heteroatoms. The quantitative estimate of drug-likeness (QED) is 0.837. The van der Waals surface area contributed by atoms with Gasteiger partial charge in [-0.25, -0.2) is 4.39 Å². The zero-order valence-electron chi connectivity index (χ0n) is 11.3. The highest BCUT2D eigenvalue weighted by atomic mass is 19.1. The molecule has 102 valence electrons. The van der Waals surface area contributed by atoms with E-state index in [2.05, 4.69) is 5.32 Å². The monoisotopic (exact) mass is 269 g/mol. The van der Waals surface area contributed by atoms with Gasteiger partial charge >= 0.3 is 0 Å². The molecule has 0 saturated heterocycles. The Kier molecular flexibility index (Phi) is 3.26. The van der Waals surface area contributed by atoms with Crippen LogP contribution >= 0.6 is 0 Å². The van der Waals surface area contributed by atoms with E-state index in [1.807, 2.05) is 24.3 Å². The summed E-state index contributed by atoms with van der Waals surface area (Å²) in [6, 6.07) is 12.6. The standard InChI is InChI=1S/C17H16FNO/c1-11-6-7-12(10-15(11)18)17(20)14-8-9-19-16-5-3-2-4-13(14)16/h2-7,10,14,19H,8-9H2,1H3. The third-order valence-corrected chi connectivity index (χ3v) is 3.86. The normalized spacial score (nSPS) is 17.2. The Morgan fingerprint density at radius 2 is 2.05 bits per heavy atom. The first-order valence-corrected chi connectivity index (χ1v) is 6.80. The molecule has 20 heavy (non-hydrogen) atoms. The van der Waals surface area contributed by atoms with E-state index in [4.69, 9.17) is 0 Å². The predicted molar refractivity (Wildman–Crippen MR) is 77.8 cm³/mol. The van der Waals surface area contributed by atoms with Crippen LogP contribution in [-0.2, 0) is 0 Å². The lowest BCUT2D eigenvalue weighted by atomic mass is 9.85. The van der Waals surface area contributed by atoms with Gasteiger partial charge in [-0.15, -0.1) is 0 Å². The van der Waals surface area contributed by atoms with Gasteiger partial charge in [-0.1, -0.05) is 30.3 Å². The molecular formula is C17H16FNO. The molecule has 1 atom stereocenters. The van der Waals surface area contributed by atoms with Crippen molar-refractivity contribution in [3.8, 4) is 0 Å². The number of anilines is 1. The van der Waals surface area contributed by atoms with E-state index in [0.29, 0.717) is 11.1 Å². The highest BCUT2D eigenvalue weighted by Gasteiger charge is 2.27. The van der Waals surface area contributed by atoms with Crippen molar-refractivity contribution in [2.45, 2.75) is 19.3 Å². The molecule has 1 unspecified atom stereocenters. The molecule has 0 aliphatic carbocycles. The molecule has 0 fully saturated rings. The summed E-state index contributed by atoms with van der Waals surface area (Å²) < 4.78 is 13.6. The minimum atomic E-state index is -0.321. The highest BCUT2D eigenvalue weighted by molar-refractivity contribution is 6.02. The molecule has 0 spiro atoms. The molecule has 0 radical (unpaired) electrons. The van der Waals surface area contributed by atoms with Crippen LogP contribution in [0.1, 0.15) is 33.8 Å².